The first-order valence-corrected chi connectivity index (χ1v) is 7.10. The van der Waals surface area contributed by atoms with Crippen LogP contribution in [0, 0.1) is 18.6 Å². The van der Waals surface area contributed by atoms with E-state index in [1.54, 1.807) is 0 Å². The molecule has 1 unspecified atom stereocenters. The van der Waals surface area contributed by atoms with E-state index in [0.29, 0.717) is 9.79 Å². The maximum Gasteiger partial charge on any atom is 0.178 e. The maximum atomic E-state index is 6.10. The van der Waals surface area contributed by atoms with Crippen molar-refractivity contribution in [3.8, 4) is 0 Å². The molecule has 1 aromatic carbocycles. The Morgan fingerprint density at radius 3 is 2.80 bits per heavy atom. The molecule has 0 aliphatic carbocycles. The second-order valence-electron chi connectivity index (χ2n) is 4.88. The largest absolute Gasteiger partial charge is 0.361 e. The number of H-pyrrole nitrogens is 1. The van der Waals surface area contributed by atoms with E-state index in [1.807, 2.05) is 36.6 Å². The SMILES string of the molecule is Cc1noc(C)c1C(C)n1c(=S)[nH]c2ccc(Cl)cc21. The number of benzene rings is 1. The van der Waals surface area contributed by atoms with E-state index in [0.717, 1.165) is 28.1 Å². The molecule has 6 heteroatoms. The van der Waals surface area contributed by atoms with Crippen molar-refractivity contribution in [3.63, 3.8) is 0 Å². The number of nitrogens with zero attached hydrogens (tertiary/aromatic N) is 2. The number of rotatable bonds is 2. The zero-order valence-electron chi connectivity index (χ0n) is 11.4. The van der Waals surface area contributed by atoms with Gasteiger partial charge in [0.25, 0.3) is 0 Å². The molecule has 0 bridgehead atoms. The molecule has 0 saturated heterocycles. The summed E-state index contributed by atoms with van der Waals surface area (Å²) in [6, 6.07) is 5.73. The molecule has 0 fully saturated rings. The number of aromatic nitrogens is 3. The maximum absolute atomic E-state index is 6.10. The van der Waals surface area contributed by atoms with E-state index in [-0.39, 0.29) is 6.04 Å². The van der Waals surface area contributed by atoms with Crippen LogP contribution in [0.4, 0.5) is 0 Å². The Morgan fingerprint density at radius 1 is 1.40 bits per heavy atom. The molecule has 0 aliphatic heterocycles. The van der Waals surface area contributed by atoms with Crippen LogP contribution < -0.4 is 0 Å². The van der Waals surface area contributed by atoms with Gasteiger partial charge >= 0.3 is 0 Å². The lowest BCUT2D eigenvalue weighted by Gasteiger charge is -2.14. The van der Waals surface area contributed by atoms with Crippen molar-refractivity contribution in [3.05, 3.63) is 45.0 Å². The summed E-state index contributed by atoms with van der Waals surface area (Å²) >= 11 is 11.5. The minimum Gasteiger partial charge on any atom is -0.361 e. The van der Waals surface area contributed by atoms with Crippen molar-refractivity contribution < 1.29 is 4.52 Å². The predicted molar refractivity (Wildman–Crippen MR) is 81.9 cm³/mol. The van der Waals surface area contributed by atoms with Crippen molar-refractivity contribution in [2.45, 2.75) is 26.8 Å². The van der Waals surface area contributed by atoms with Gasteiger partial charge in [-0.3, -0.25) is 0 Å². The summed E-state index contributed by atoms with van der Waals surface area (Å²) in [7, 11) is 0. The third-order valence-electron chi connectivity index (χ3n) is 3.57. The van der Waals surface area contributed by atoms with Gasteiger partial charge in [0.2, 0.25) is 0 Å². The van der Waals surface area contributed by atoms with Crippen molar-refractivity contribution in [1.29, 1.82) is 0 Å². The topological polar surface area (TPSA) is 46.8 Å². The van der Waals surface area contributed by atoms with Crippen LogP contribution in [0.25, 0.3) is 11.0 Å². The molecule has 0 saturated carbocycles. The number of nitrogens with one attached hydrogen (secondary N) is 1. The highest BCUT2D eigenvalue weighted by molar-refractivity contribution is 7.71. The summed E-state index contributed by atoms with van der Waals surface area (Å²) in [6.45, 7) is 5.93. The Hall–Kier alpha value is -1.59. The van der Waals surface area contributed by atoms with Gasteiger partial charge in [-0.1, -0.05) is 16.8 Å². The zero-order valence-corrected chi connectivity index (χ0v) is 13.0. The fourth-order valence-electron chi connectivity index (χ4n) is 2.69. The number of hydrogen-bond acceptors (Lipinski definition) is 3. The number of imidazole rings is 1. The zero-order chi connectivity index (χ0) is 14.4. The van der Waals surface area contributed by atoms with Gasteiger partial charge in [-0.25, -0.2) is 0 Å². The van der Waals surface area contributed by atoms with Crippen LogP contribution in [0.3, 0.4) is 0 Å². The lowest BCUT2D eigenvalue weighted by atomic mass is 10.1. The van der Waals surface area contributed by atoms with Crippen LogP contribution in [0.2, 0.25) is 5.02 Å². The number of halogens is 1. The Balaban J connectivity index is 2.26. The van der Waals surface area contributed by atoms with Gasteiger partial charge in [0, 0.05) is 10.6 Å². The first-order valence-electron chi connectivity index (χ1n) is 6.31. The highest BCUT2D eigenvalue weighted by Gasteiger charge is 2.20. The first-order chi connectivity index (χ1) is 9.49. The molecule has 2 aromatic heterocycles. The quantitative estimate of drug-likeness (QED) is 0.706. The van der Waals surface area contributed by atoms with Gasteiger partial charge in [0.15, 0.2) is 4.77 Å². The smallest absolute Gasteiger partial charge is 0.178 e. The average molecular weight is 308 g/mol. The van der Waals surface area contributed by atoms with Crippen LogP contribution in [0.5, 0.6) is 0 Å². The van der Waals surface area contributed by atoms with Crippen LogP contribution in [0.1, 0.15) is 30.0 Å². The average Bonchev–Trinajstić information content (AvgIpc) is 2.88. The summed E-state index contributed by atoms with van der Waals surface area (Å²) in [5, 5.41) is 4.70. The Bertz CT molecular complexity index is 826. The molecule has 1 atom stereocenters. The molecule has 0 aliphatic rings. The van der Waals surface area contributed by atoms with Gasteiger partial charge in [0.05, 0.1) is 22.8 Å². The second-order valence-corrected chi connectivity index (χ2v) is 5.70. The minimum absolute atomic E-state index is 0.0287. The molecule has 2 heterocycles. The van der Waals surface area contributed by atoms with Crippen molar-refractivity contribution in [1.82, 2.24) is 14.7 Å². The third kappa shape index (κ3) is 1.98. The number of aryl methyl sites for hydroxylation is 2. The van der Waals surface area contributed by atoms with Gasteiger partial charge in [-0.05, 0) is 51.2 Å². The van der Waals surface area contributed by atoms with E-state index >= 15 is 0 Å². The van der Waals surface area contributed by atoms with E-state index < -0.39 is 0 Å². The number of aromatic amines is 1. The molecule has 0 radical (unpaired) electrons. The summed E-state index contributed by atoms with van der Waals surface area (Å²) in [5.74, 6) is 0.813. The minimum atomic E-state index is 0.0287. The van der Waals surface area contributed by atoms with Crippen LogP contribution in [-0.2, 0) is 0 Å². The Morgan fingerprint density at radius 2 is 2.15 bits per heavy atom. The predicted octanol–water partition coefficient (Wildman–Crippen LogP) is 4.57. The van der Waals surface area contributed by atoms with Crippen LogP contribution in [-0.4, -0.2) is 14.7 Å². The highest BCUT2D eigenvalue weighted by atomic mass is 35.5. The molecule has 0 spiro atoms. The molecular formula is C14H14ClN3OS. The molecule has 4 nitrogen and oxygen atoms in total. The van der Waals surface area contributed by atoms with Gasteiger partial charge in [-0.15, -0.1) is 0 Å². The van der Waals surface area contributed by atoms with E-state index in [9.17, 15) is 0 Å². The normalized spacial score (nSPS) is 13.0. The number of fused-ring (bicyclic) bond motifs is 1. The first kappa shape index (κ1) is 13.4. The van der Waals surface area contributed by atoms with Gasteiger partial charge < -0.3 is 14.1 Å². The Labute approximate surface area is 126 Å². The van der Waals surface area contributed by atoms with Crippen molar-refractivity contribution >= 4 is 34.9 Å². The number of hydrogen-bond donors (Lipinski definition) is 1. The standard InChI is InChI=1S/C14H14ClN3OS/c1-7-13(9(3)19-17-7)8(2)18-12-6-10(15)4-5-11(12)16-14(18)20/h4-6,8H,1-3H3,(H,16,20). The van der Waals surface area contributed by atoms with Gasteiger partial charge in [-0.2, -0.15) is 0 Å². The summed E-state index contributed by atoms with van der Waals surface area (Å²) in [5.41, 5.74) is 3.89. The fourth-order valence-corrected chi connectivity index (χ4v) is 3.23. The van der Waals surface area contributed by atoms with Crippen LogP contribution in [0.15, 0.2) is 22.7 Å². The Kier molecular flexibility index (Phi) is 3.18. The summed E-state index contributed by atoms with van der Waals surface area (Å²) < 4.78 is 7.96. The molecular weight excluding hydrogens is 294 g/mol. The lowest BCUT2D eigenvalue weighted by Crippen LogP contribution is -2.08. The fraction of sp³-hybridized carbons (Fsp3) is 0.286. The van der Waals surface area contributed by atoms with Crippen LogP contribution >= 0.6 is 23.8 Å². The third-order valence-corrected chi connectivity index (χ3v) is 4.11. The van der Waals surface area contributed by atoms with E-state index in [1.165, 1.54) is 0 Å². The lowest BCUT2D eigenvalue weighted by molar-refractivity contribution is 0.391. The molecule has 20 heavy (non-hydrogen) atoms. The van der Waals surface area contributed by atoms with Gasteiger partial charge in [0.1, 0.15) is 5.76 Å². The van der Waals surface area contributed by atoms with Crippen molar-refractivity contribution in [2.24, 2.45) is 0 Å². The summed E-state index contributed by atoms with van der Waals surface area (Å²) in [6.07, 6.45) is 0. The van der Waals surface area contributed by atoms with E-state index in [2.05, 4.69) is 17.1 Å². The molecule has 104 valence electrons. The second kappa shape index (κ2) is 4.75. The molecule has 3 rings (SSSR count). The summed E-state index contributed by atoms with van der Waals surface area (Å²) in [4.78, 5) is 3.20. The molecule has 3 aromatic rings. The van der Waals surface area contributed by atoms with E-state index in [4.69, 9.17) is 28.3 Å². The molecule has 1 N–H and O–H groups in total. The monoisotopic (exact) mass is 307 g/mol. The van der Waals surface area contributed by atoms with Crippen molar-refractivity contribution in [2.75, 3.05) is 0 Å². The highest BCUT2D eigenvalue weighted by Crippen LogP contribution is 2.29. The molecule has 0 amide bonds.